The Morgan fingerprint density at radius 2 is 2.06 bits per heavy atom. The number of halogens is 1. The normalized spacial score (nSPS) is 11.1. The molecule has 0 atom stereocenters. The molecule has 0 spiro atoms. The third kappa shape index (κ3) is 2.83. The number of imidazole rings is 1. The second-order valence-corrected chi connectivity index (χ2v) is 4.26. The third-order valence-corrected chi connectivity index (χ3v) is 2.76. The number of hydrogen-bond acceptors (Lipinski definition) is 1. The number of nitrogens with one attached hydrogen (secondary N) is 1. The minimum Gasteiger partial charge on any atom is -0.345 e. The van der Waals surface area contributed by atoms with Crippen LogP contribution in [0.5, 0.6) is 0 Å². The van der Waals surface area contributed by atoms with E-state index in [2.05, 4.69) is 62.3 Å². The van der Waals surface area contributed by atoms with Gasteiger partial charge in [-0.1, -0.05) is 52.3 Å². The molecule has 0 saturated heterocycles. The number of H-pyrrole nitrogens is 1. The van der Waals surface area contributed by atoms with Gasteiger partial charge in [-0.15, -0.1) is 0 Å². The molecule has 0 fully saturated rings. The molecule has 2 rings (SSSR count). The Morgan fingerprint density at radius 1 is 1.25 bits per heavy atom. The van der Waals surface area contributed by atoms with Crippen LogP contribution in [0.3, 0.4) is 0 Å². The molecule has 1 N–H and O–H groups in total. The van der Waals surface area contributed by atoms with Crippen LogP contribution in [0, 0.1) is 0 Å². The van der Waals surface area contributed by atoms with Crippen LogP contribution in [0.25, 0.3) is 17.3 Å². The number of alkyl halides is 1. The quantitative estimate of drug-likeness (QED) is 0.844. The fourth-order valence-electron chi connectivity index (χ4n) is 1.47. The Balaban J connectivity index is 2.11. The van der Waals surface area contributed by atoms with Crippen LogP contribution in [0.4, 0.5) is 0 Å². The van der Waals surface area contributed by atoms with Crippen LogP contribution in [0.2, 0.25) is 0 Å². The topological polar surface area (TPSA) is 28.7 Å². The van der Waals surface area contributed by atoms with E-state index in [-0.39, 0.29) is 0 Å². The van der Waals surface area contributed by atoms with E-state index in [9.17, 15) is 0 Å². The van der Waals surface area contributed by atoms with Crippen molar-refractivity contribution < 1.29 is 0 Å². The predicted octanol–water partition coefficient (Wildman–Crippen LogP) is 3.87. The minimum atomic E-state index is 1.01. The van der Waals surface area contributed by atoms with Crippen molar-refractivity contribution in [1.29, 1.82) is 0 Å². The molecule has 1 aromatic carbocycles. The van der Waals surface area contributed by atoms with Crippen molar-refractivity contribution in [1.82, 2.24) is 9.97 Å². The number of nitrogens with zero attached hydrogens (tertiary/aromatic N) is 1. The Morgan fingerprint density at radius 3 is 2.69 bits per heavy atom. The van der Waals surface area contributed by atoms with Gasteiger partial charge in [0.1, 0.15) is 0 Å². The maximum Gasteiger partial charge on any atom is 0.0924 e. The average molecular weight is 277 g/mol. The predicted molar refractivity (Wildman–Crippen MR) is 71.5 cm³/mol. The smallest absolute Gasteiger partial charge is 0.0924 e. The zero-order valence-corrected chi connectivity index (χ0v) is 10.4. The van der Waals surface area contributed by atoms with Crippen molar-refractivity contribution in [3.63, 3.8) is 0 Å². The lowest BCUT2D eigenvalue weighted by molar-refractivity contribution is 1.27. The van der Waals surface area contributed by atoms with Gasteiger partial charge in [0.25, 0.3) is 0 Å². The molecular formula is C13H13BrN2. The zero-order valence-electron chi connectivity index (χ0n) is 8.86. The van der Waals surface area contributed by atoms with Crippen LogP contribution >= 0.6 is 15.9 Å². The lowest BCUT2D eigenvalue weighted by atomic mass is 10.1. The van der Waals surface area contributed by atoms with Crippen molar-refractivity contribution in [3.05, 3.63) is 48.4 Å². The van der Waals surface area contributed by atoms with Crippen LogP contribution in [-0.2, 0) is 0 Å². The molecule has 0 bridgehead atoms. The average Bonchev–Trinajstić information content (AvgIpc) is 2.84. The zero-order chi connectivity index (χ0) is 11.2. The van der Waals surface area contributed by atoms with Crippen molar-refractivity contribution in [3.8, 4) is 11.3 Å². The first-order valence-corrected chi connectivity index (χ1v) is 6.33. The first-order chi connectivity index (χ1) is 7.90. The van der Waals surface area contributed by atoms with E-state index in [0.29, 0.717) is 0 Å². The molecular weight excluding hydrogens is 264 g/mol. The summed E-state index contributed by atoms with van der Waals surface area (Å²) in [6.07, 6.45) is 8.88. The number of benzene rings is 1. The summed E-state index contributed by atoms with van der Waals surface area (Å²) in [4.78, 5) is 7.10. The number of aromatic amines is 1. The van der Waals surface area contributed by atoms with Crippen LogP contribution in [-0.4, -0.2) is 15.3 Å². The summed E-state index contributed by atoms with van der Waals surface area (Å²) in [5.74, 6) is 0. The van der Waals surface area contributed by atoms with Crippen molar-refractivity contribution in [2.24, 2.45) is 0 Å². The molecule has 0 aliphatic rings. The Labute approximate surface area is 104 Å². The summed E-state index contributed by atoms with van der Waals surface area (Å²) >= 11 is 3.40. The van der Waals surface area contributed by atoms with E-state index in [1.165, 1.54) is 5.56 Å². The molecule has 0 unspecified atom stereocenters. The molecule has 16 heavy (non-hydrogen) atoms. The van der Waals surface area contributed by atoms with Gasteiger partial charge in [0.15, 0.2) is 0 Å². The first-order valence-electron chi connectivity index (χ1n) is 5.21. The molecule has 0 aliphatic carbocycles. The van der Waals surface area contributed by atoms with Gasteiger partial charge in [-0.05, 0) is 17.5 Å². The Kier molecular flexibility index (Phi) is 3.94. The molecule has 2 aromatic rings. The molecule has 0 amide bonds. The fraction of sp³-hybridized carbons (Fsp3) is 0.154. The standard InChI is InChI=1S/C13H13BrN2/c14-8-2-1-3-11-4-6-12(7-5-11)13-9-15-10-16-13/h1,3-7,9-10H,2,8H2,(H,15,16). The molecule has 82 valence electrons. The molecule has 3 heteroatoms. The highest BCUT2D eigenvalue weighted by molar-refractivity contribution is 9.09. The Bertz CT molecular complexity index is 443. The molecule has 2 nitrogen and oxygen atoms in total. The fourth-order valence-corrected chi connectivity index (χ4v) is 1.73. The summed E-state index contributed by atoms with van der Waals surface area (Å²) in [6, 6.07) is 8.42. The molecule has 1 heterocycles. The van der Waals surface area contributed by atoms with Crippen LogP contribution < -0.4 is 0 Å². The van der Waals surface area contributed by atoms with E-state index >= 15 is 0 Å². The van der Waals surface area contributed by atoms with E-state index in [1.807, 2.05) is 6.20 Å². The van der Waals surface area contributed by atoms with Gasteiger partial charge in [0, 0.05) is 5.33 Å². The molecule has 0 radical (unpaired) electrons. The number of rotatable bonds is 4. The summed E-state index contributed by atoms with van der Waals surface area (Å²) < 4.78 is 0. The van der Waals surface area contributed by atoms with Crippen molar-refractivity contribution in [2.45, 2.75) is 6.42 Å². The summed E-state index contributed by atoms with van der Waals surface area (Å²) in [5, 5.41) is 1.01. The monoisotopic (exact) mass is 276 g/mol. The van der Waals surface area contributed by atoms with E-state index in [1.54, 1.807) is 6.33 Å². The first kappa shape index (κ1) is 11.1. The number of aromatic nitrogens is 2. The summed E-state index contributed by atoms with van der Waals surface area (Å²) in [5.41, 5.74) is 3.44. The lowest BCUT2D eigenvalue weighted by Gasteiger charge is -1.98. The van der Waals surface area contributed by atoms with E-state index in [4.69, 9.17) is 0 Å². The highest BCUT2D eigenvalue weighted by atomic mass is 79.9. The highest BCUT2D eigenvalue weighted by Crippen LogP contribution is 2.17. The van der Waals surface area contributed by atoms with Gasteiger partial charge in [0.2, 0.25) is 0 Å². The second kappa shape index (κ2) is 5.66. The highest BCUT2D eigenvalue weighted by Gasteiger charge is 1.96. The van der Waals surface area contributed by atoms with Gasteiger partial charge in [-0.25, -0.2) is 4.98 Å². The minimum absolute atomic E-state index is 1.01. The summed E-state index contributed by atoms with van der Waals surface area (Å²) in [7, 11) is 0. The largest absolute Gasteiger partial charge is 0.345 e. The Hall–Kier alpha value is -1.35. The van der Waals surface area contributed by atoms with Gasteiger partial charge in [-0.3, -0.25) is 0 Å². The molecule has 1 aromatic heterocycles. The van der Waals surface area contributed by atoms with Crippen LogP contribution in [0.1, 0.15) is 12.0 Å². The van der Waals surface area contributed by atoms with E-state index < -0.39 is 0 Å². The third-order valence-electron chi connectivity index (χ3n) is 2.31. The van der Waals surface area contributed by atoms with Gasteiger partial charge in [0.05, 0.1) is 18.2 Å². The van der Waals surface area contributed by atoms with Gasteiger partial charge >= 0.3 is 0 Å². The SMILES string of the molecule is BrCCC=Cc1ccc(-c2cnc[nH]2)cc1. The van der Waals surface area contributed by atoms with Gasteiger partial charge < -0.3 is 4.98 Å². The summed E-state index contributed by atoms with van der Waals surface area (Å²) in [6.45, 7) is 0. The maximum atomic E-state index is 4.01. The lowest BCUT2D eigenvalue weighted by Crippen LogP contribution is -1.78. The molecule has 0 saturated carbocycles. The second-order valence-electron chi connectivity index (χ2n) is 3.47. The van der Waals surface area contributed by atoms with Crippen molar-refractivity contribution in [2.75, 3.05) is 5.33 Å². The van der Waals surface area contributed by atoms with E-state index in [0.717, 1.165) is 23.0 Å². The molecule has 0 aliphatic heterocycles. The van der Waals surface area contributed by atoms with Crippen molar-refractivity contribution >= 4 is 22.0 Å². The number of hydrogen-bond donors (Lipinski definition) is 1. The maximum absolute atomic E-state index is 4.01. The number of allylic oxidation sites excluding steroid dienone is 1. The van der Waals surface area contributed by atoms with Gasteiger partial charge in [-0.2, -0.15) is 0 Å². The van der Waals surface area contributed by atoms with Crippen LogP contribution in [0.15, 0.2) is 42.9 Å².